The molecular formula is C19H19N7O2. The second-order valence-electron chi connectivity index (χ2n) is 7.04. The van der Waals surface area contributed by atoms with E-state index in [9.17, 15) is 4.79 Å². The lowest BCUT2D eigenvalue weighted by atomic mass is 10.1. The SMILES string of the molecule is Cc1nc(-c2cn(C3CCCN(C(=O)c4cc5ccccc5[nH]4)C3)nn2)no1. The van der Waals surface area contributed by atoms with E-state index in [4.69, 9.17) is 4.52 Å². The maximum atomic E-state index is 13.0. The van der Waals surface area contributed by atoms with E-state index in [2.05, 4.69) is 25.4 Å². The Bertz CT molecular complexity index is 1110. The van der Waals surface area contributed by atoms with Crippen LogP contribution >= 0.6 is 0 Å². The first-order chi connectivity index (χ1) is 13.7. The molecule has 1 aliphatic rings. The average Bonchev–Trinajstić information content (AvgIpc) is 3.46. The number of aromatic nitrogens is 6. The highest BCUT2D eigenvalue weighted by molar-refractivity contribution is 5.98. The van der Waals surface area contributed by atoms with Gasteiger partial charge < -0.3 is 14.4 Å². The number of piperidine rings is 1. The summed E-state index contributed by atoms with van der Waals surface area (Å²) in [5, 5.41) is 13.3. The van der Waals surface area contributed by atoms with Crippen LogP contribution in [0.1, 0.15) is 35.3 Å². The first-order valence-corrected chi connectivity index (χ1v) is 9.27. The summed E-state index contributed by atoms with van der Waals surface area (Å²) in [4.78, 5) is 22.3. The van der Waals surface area contributed by atoms with E-state index in [1.54, 1.807) is 11.6 Å². The number of H-pyrrole nitrogens is 1. The van der Waals surface area contributed by atoms with Crippen LogP contribution in [-0.4, -0.2) is 54.0 Å². The van der Waals surface area contributed by atoms with Crippen molar-refractivity contribution in [3.63, 3.8) is 0 Å². The van der Waals surface area contributed by atoms with Crippen molar-refractivity contribution in [2.45, 2.75) is 25.8 Å². The van der Waals surface area contributed by atoms with Gasteiger partial charge >= 0.3 is 0 Å². The molecule has 1 aromatic carbocycles. The molecule has 1 N–H and O–H groups in total. The van der Waals surface area contributed by atoms with Crippen molar-refractivity contribution in [1.82, 2.24) is 35.0 Å². The first-order valence-electron chi connectivity index (χ1n) is 9.27. The van der Waals surface area contributed by atoms with E-state index in [0.29, 0.717) is 29.6 Å². The van der Waals surface area contributed by atoms with E-state index in [1.807, 2.05) is 41.4 Å². The lowest BCUT2D eigenvalue weighted by Crippen LogP contribution is -2.41. The Labute approximate surface area is 160 Å². The van der Waals surface area contributed by atoms with Gasteiger partial charge in [-0.25, -0.2) is 4.68 Å². The third-order valence-corrected chi connectivity index (χ3v) is 5.09. The van der Waals surface area contributed by atoms with Crippen molar-refractivity contribution in [3.8, 4) is 11.5 Å². The number of likely N-dealkylation sites (tertiary alicyclic amines) is 1. The number of para-hydroxylation sites is 1. The number of nitrogens with one attached hydrogen (secondary N) is 1. The van der Waals surface area contributed by atoms with E-state index < -0.39 is 0 Å². The second kappa shape index (κ2) is 6.59. The van der Waals surface area contributed by atoms with Gasteiger partial charge in [0.1, 0.15) is 5.69 Å². The van der Waals surface area contributed by atoms with Gasteiger partial charge in [0.15, 0.2) is 5.69 Å². The Kier molecular flexibility index (Phi) is 3.92. The molecule has 0 spiro atoms. The summed E-state index contributed by atoms with van der Waals surface area (Å²) in [5.41, 5.74) is 2.15. The normalized spacial score (nSPS) is 17.3. The molecular weight excluding hydrogens is 358 g/mol. The molecule has 0 radical (unpaired) electrons. The highest BCUT2D eigenvalue weighted by Crippen LogP contribution is 2.24. The number of aromatic amines is 1. The number of aryl methyl sites for hydroxylation is 1. The summed E-state index contributed by atoms with van der Waals surface area (Å²) in [7, 11) is 0. The number of carbonyl (C=O) groups excluding carboxylic acids is 1. The fraction of sp³-hybridized carbons (Fsp3) is 0.316. The average molecular weight is 377 g/mol. The molecule has 1 saturated heterocycles. The predicted molar refractivity (Wildman–Crippen MR) is 101 cm³/mol. The molecule has 1 atom stereocenters. The molecule has 0 saturated carbocycles. The molecule has 1 aliphatic heterocycles. The molecule has 4 aromatic rings. The molecule has 1 unspecified atom stereocenters. The Morgan fingerprint density at radius 2 is 2.21 bits per heavy atom. The van der Waals surface area contributed by atoms with Crippen molar-refractivity contribution in [2.24, 2.45) is 0 Å². The molecule has 0 bridgehead atoms. The van der Waals surface area contributed by atoms with Crippen LogP contribution in [0.2, 0.25) is 0 Å². The van der Waals surface area contributed by atoms with Crippen molar-refractivity contribution in [1.29, 1.82) is 0 Å². The van der Waals surface area contributed by atoms with Crippen LogP contribution in [0, 0.1) is 6.92 Å². The van der Waals surface area contributed by atoms with Crippen molar-refractivity contribution in [2.75, 3.05) is 13.1 Å². The number of amides is 1. The fourth-order valence-corrected chi connectivity index (χ4v) is 3.67. The minimum absolute atomic E-state index is 0.00929. The van der Waals surface area contributed by atoms with E-state index in [1.165, 1.54) is 0 Å². The van der Waals surface area contributed by atoms with Gasteiger partial charge in [-0.3, -0.25) is 4.79 Å². The summed E-state index contributed by atoms with van der Waals surface area (Å²) >= 11 is 0. The summed E-state index contributed by atoms with van der Waals surface area (Å²) in [5.74, 6) is 0.915. The van der Waals surface area contributed by atoms with Crippen LogP contribution < -0.4 is 0 Å². The van der Waals surface area contributed by atoms with E-state index in [0.717, 1.165) is 30.3 Å². The number of carbonyl (C=O) groups is 1. The maximum absolute atomic E-state index is 13.0. The Morgan fingerprint density at radius 1 is 1.32 bits per heavy atom. The van der Waals surface area contributed by atoms with Gasteiger partial charge in [-0.2, -0.15) is 4.98 Å². The molecule has 9 nitrogen and oxygen atoms in total. The van der Waals surface area contributed by atoms with Gasteiger partial charge in [0.25, 0.3) is 5.91 Å². The molecule has 1 fully saturated rings. The summed E-state index contributed by atoms with van der Waals surface area (Å²) < 4.78 is 6.80. The zero-order chi connectivity index (χ0) is 19.1. The topological polar surface area (TPSA) is 106 Å². The number of fused-ring (bicyclic) bond motifs is 1. The van der Waals surface area contributed by atoms with Gasteiger partial charge in [0.05, 0.1) is 12.2 Å². The number of hydrogen-bond donors (Lipinski definition) is 1. The predicted octanol–water partition coefficient (Wildman–Crippen LogP) is 2.60. The van der Waals surface area contributed by atoms with Crippen LogP contribution in [0.25, 0.3) is 22.4 Å². The van der Waals surface area contributed by atoms with Crippen LogP contribution in [0.3, 0.4) is 0 Å². The van der Waals surface area contributed by atoms with Crippen molar-refractivity contribution < 1.29 is 9.32 Å². The standard InChI is InChI=1S/C19H19N7O2/c1-12-20-18(23-28-12)17-11-26(24-22-17)14-6-4-8-25(10-14)19(27)16-9-13-5-2-3-7-15(13)21-16/h2-3,5,7,9,11,14,21H,4,6,8,10H2,1H3. The number of hydrogen-bond acceptors (Lipinski definition) is 6. The third-order valence-electron chi connectivity index (χ3n) is 5.09. The zero-order valence-electron chi connectivity index (χ0n) is 15.4. The number of benzene rings is 1. The van der Waals surface area contributed by atoms with Crippen LogP contribution in [0.15, 0.2) is 41.1 Å². The summed E-state index contributed by atoms with van der Waals surface area (Å²) in [6.45, 7) is 3.05. The summed E-state index contributed by atoms with van der Waals surface area (Å²) in [6.07, 6.45) is 3.66. The third kappa shape index (κ3) is 2.94. The maximum Gasteiger partial charge on any atom is 0.270 e. The monoisotopic (exact) mass is 377 g/mol. The van der Waals surface area contributed by atoms with E-state index in [-0.39, 0.29) is 11.9 Å². The van der Waals surface area contributed by atoms with Gasteiger partial charge in [-0.05, 0) is 25.0 Å². The van der Waals surface area contributed by atoms with Crippen LogP contribution in [0.5, 0.6) is 0 Å². The largest absolute Gasteiger partial charge is 0.351 e. The number of rotatable bonds is 3. The summed E-state index contributed by atoms with van der Waals surface area (Å²) in [6, 6.07) is 9.87. The van der Waals surface area contributed by atoms with E-state index >= 15 is 0 Å². The first kappa shape index (κ1) is 16.7. The van der Waals surface area contributed by atoms with Gasteiger partial charge in [-0.1, -0.05) is 28.6 Å². The highest BCUT2D eigenvalue weighted by atomic mass is 16.5. The molecule has 9 heteroatoms. The molecule has 1 amide bonds. The Balaban J connectivity index is 1.34. The molecule has 3 aromatic heterocycles. The highest BCUT2D eigenvalue weighted by Gasteiger charge is 2.27. The zero-order valence-corrected chi connectivity index (χ0v) is 15.4. The van der Waals surface area contributed by atoms with Crippen LogP contribution in [0.4, 0.5) is 0 Å². The molecule has 0 aliphatic carbocycles. The minimum Gasteiger partial charge on any atom is -0.351 e. The lowest BCUT2D eigenvalue weighted by Gasteiger charge is -2.32. The van der Waals surface area contributed by atoms with Gasteiger partial charge in [0, 0.05) is 30.9 Å². The van der Waals surface area contributed by atoms with Crippen molar-refractivity contribution >= 4 is 16.8 Å². The Morgan fingerprint density at radius 3 is 3.04 bits per heavy atom. The smallest absolute Gasteiger partial charge is 0.270 e. The van der Waals surface area contributed by atoms with Crippen molar-refractivity contribution in [3.05, 3.63) is 48.1 Å². The molecule has 5 rings (SSSR count). The fourth-order valence-electron chi connectivity index (χ4n) is 3.67. The molecule has 4 heterocycles. The minimum atomic E-state index is 0.00929. The molecule has 28 heavy (non-hydrogen) atoms. The number of nitrogens with zero attached hydrogens (tertiary/aromatic N) is 6. The molecule has 142 valence electrons. The quantitative estimate of drug-likeness (QED) is 0.588. The Hall–Kier alpha value is -3.49. The van der Waals surface area contributed by atoms with Crippen LogP contribution in [-0.2, 0) is 0 Å². The lowest BCUT2D eigenvalue weighted by molar-refractivity contribution is 0.0667. The van der Waals surface area contributed by atoms with Gasteiger partial charge in [-0.15, -0.1) is 5.10 Å². The van der Waals surface area contributed by atoms with Gasteiger partial charge in [0.2, 0.25) is 11.7 Å². The second-order valence-corrected chi connectivity index (χ2v) is 7.04.